The Morgan fingerprint density at radius 3 is 2.76 bits per heavy atom. The van der Waals surface area contributed by atoms with Crippen LogP contribution in [0, 0.1) is 0 Å². The second-order valence-electron chi connectivity index (χ2n) is 3.70. The smallest absolute Gasteiger partial charge is 0.0790 e. The van der Waals surface area contributed by atoms with Crippen molar-refractivity contribution < 1.29 is 0 Å². The fraction of sp³-hybridized carbons (Fsp3) is 0. The molecule has 0 unspecified atom stereocenters. The van der Waals surface area contributed by atoms with E-state index < -0.39 is 0 Å². The molecule has 0 amide bonds. The lowest BCUT2D eigenvalue weighted by Gasteiger charge is -2.07. The minimum atomic E-state index is 0.601. The van der Waals surface area contributed by atoms with Crippen molar-refractivity contribution in [2.24, 2.45) is 0 Å². The molecule has 2 heterocycles. The maximum atomic E-state index is 5.91. The molecule has 3 aromatic rings. The van der Waals surface area contributed by atoms with E-state index in [1.165, 1.54) is 0 Å². The fourth-order valence-electron chi connectivity index (χ4n) is 1.83. The molecule has 0 bridgehead atoms. The summed E-state index contributed by atoms with van der Waals surface area (Å²) in [6, 6.07) is 5.67. The Labute approximate surface area is 103 Å². The maximum absolute atomic E-state index is 5.91. The number of hydrogen-bond donors (Lipinski definition) is 1. The van der Waals surface area contributed by atoms with E-state index in [0.29, 0.717) is 10.7 Å². The highest BCUT2D eigenvalue weighted by molar-refractivity contribution is 6.30. The van der Waals surface area contributed by atoms with E-state index in [0.717, 1.165) is 16.5 Å². The molecule has 0 radical (unpaired) electrons. The summed E-state index contributed by atoms with van der Waals surface area (Å²) < 4.78 is 1.73. The van der Waals surface area contributed by atoms with E-state index >= 15 is 0 Å². The highest BCUT2D eigenvalue weighted by Gasteiger charge is 2.06. The number of nitrogens with two attached hydrogens (primary N) is 1. The summed E-state index contributed by atoms with van der Waals surface area (Å²) in [4.78, 5) is 4.08. The number of nitrogens with zero attached hydrogens (tertiary/aromatic N) is 3. The number of aromatic nitrogens is 3. The number of rotatable bonds is 1. The zero-order valence-electron chi connectivity index (χ0n) is 8.84. The third-order valence-electron chi connectivity index (χ3n) is 2.63. The van der Waals surface area contributed by atoms with Gasteiger partial charge in [-0.1, -0.05) is 11.6 Å². The molecule has 0 aliphatic heterocycles. The summed E-state index contributed by atoms with van der Waals surface area (Å²) in [6.07, 6.45) is 6.84. The van der Waals surface area contributed by atoms with Crippen molar-refractivity contribution in [3.8, 4) is 5.69 Å². The molecule has 1 aromatic carbocycles. The Bertz CT molecular complexity index is 690. The van der Waals surface area contributed by atoms with Gasteiger partial charge in [0, 0.05) is 35.1 Å². The SMILES string of the molecule is Nc1ccc(-n2cc(Cl)cn2)c2ccncc12. The first-order valence-corrected chi connectivity index (χ1v) is 5.46. The summed E-state index contributed by atoms with van der Waals surface area (Å²) in [5.74, 6) is 0. The van der Waals surface area contributed by atoms with Crippen LogP contribution in [0.1, 0.15) is 0 Å². The molecule has 4 nitrogen and oxygen atoms in total. The van der Waals surface area contributed by atoms with E-state index in [2.05, 4.69) is 10.1 Å². The Balaban J connectivity index is 2.34. The lowest BCUT2D eigenvalue weighted by molar-refractivity contribution is 0.888. The van der Waals surface area contributed by atoms with Gasteiger partial charge in [-0.15, -0.1) is 0 Å². The van der Waals surface area contributed by atoms with Crippen molar-refractivity contribution >= 4 is 28.1 Å². The predicted molar refractivity (Wildman–Crippen MR) is 68.3 cm³/mol. The first-order chi connectivity index (χ1) is 8.25. The van der Waals surface area contributed by atoms with Gasteiger partial charge < -0.3 is 5.73 Å². The van der Waals surface area contributed by atoms with Crippen LogP contribution in [0.4, 0.5) is 5.69 Å². The van der Waals surface area contributed by atoms with Gasteiger partial charge in [0.25, 0.3) is 0 Å². The lowest BCUT2D eigenvalue weighted by atomic mass is 10.1. The van der Waals surface area contributed by atoms with Gasteiger partial charge in [0.05, 0.1) is 16.9 Å². The van der Waals surface area contributed by atoms with E-state index in [9.17, 15) is 0 Å². The molecule has 0 aliphatic rings. The molecule has 2 aromatic heterocycles. The summed E-state index contributed by atoms with van der Waals surface area (Å²) in [5, 5.41) is 6.70. The van der Waals surface area contributed by atoms with Gasteiger partial charge in [-0.05, 0) is 18.2 Å². The number of pyridine rings is 1. The topological polar surface area (TPSA) is 56.7 Å². The first-order valence-electron chi connectivity index (χ1n) is 5.08. The van der Waals surface area contributed by atoms with Crippen LogP contribution >= 0.6 is 11.6 Å². The highest BCUT2D eigenvalue weighted by Crippen LogP contribution is 2.26. The third-order valence-corrected chi connectivity index (χ3v) is 2.82. The van der Waals surface area contributed by atoms with Crippen LogP contribution < -0.4 is 5.73 Å². The Morgan fingerprint density at radius 1 is 1.12 bits per heavy atom. The van der Waals surface area contributed by atoms with Crippen molar-refractivity contribution in [1.82, 2.24) is 14.8 Å². The van der Waals surface area contributed by atoms with Crippen LogP contribution in [0.15, 0.2) is 43.0 Å². The molecule has 17 heavy (non-hydrogen) atoms. The van der Waals surface area contributed by atoms with E-state index in [1.54, 1.807) is 29.5 Å². The summed E-state index contributed by atoms with van der Waals surface area (Å²) in [6.45, 7) is 0. The summed E-state index contributed by atoms with van der Waals surface area (Å²) in [5.41, 5.74) is 7.55. The zero-order chi connectivity index (χ0) is 11.8. The molecular weight excluding hydrogens is 236 g/mol. The molecule has 0 aliphatic carbocycles. The van der Waals surface area contributed by atoms with Crippen LogP contribution in [0.3, 0.4) is 0 Å². The number of nitrogen functional groups attached to an aromatic ring is 1. The molecule has 0 saturated heterocycles. The second kappa shape index (κ2) is 3.75. The average molecular weight is 245 g/mol. The normalized spacial score (nSPS) is 10.9. The summed E-state index contributed by atoms with van der Waals surface area (Å²) in [7, 11) is 0. The van der Waals surface area contributed by atoms with Crippen molar-refractivity contribution in [1.29, 1.82) is 0 Å². The van der Waals surface area contributed by atoms with E-state index in [-0.39, 0.29) is 0 Å². The van der Waals surface area contributed by atoms with Gasteiger partial charge in [-0.3, -0.25) is 4.98 Å². The van der Waals surface area contributed by atoms with Crippen LogP contribution in [0.25, 0.3) is 16.5 Å². The minimum Gasteiger partial charge on any atom is -0.398 e. The van der Waals surface area contributed by atoms with Gasteiger partial charge in [0.15, 0.2) is 0 Å². The van der Waals surface area contributed by atoms with Crippen LogP contribution in [-0.2, 0) is 0 Å². The van der Waals surface area contributed by atoms with Gasteiger partial charge in [0.1, 0.15) is 0 Å². The molecule has 5 heteroatoms. The molecule has 3 rings (SSSR count). The molecule has 84 valence electrons. The second-order valence-corrected chi connectivity index (χ2v) is 4.13. The van der Waals surface area contributed by atoms with Crippen molar-refractivity contribution in [3.63, 3.8) is 0 Å². The van der Waals surface area contributed by atoms with Crippen molar-refractivity contribution in [2.45, 2.75) is 0 Å². The lowest BCUT2D eigenvalue weighted by Crippen LogP contribution is -1.97. The minimum absolute atomic E-state index is 0.601. The van der Waals surface area contributed by atoms with Crippen molar-refractivity contribution in [3.05, 3.63) is 48.0 Å². The number of benzene rings is 1. The van der Waals surface area contributed by atoms with E-state index in [4.69, 9.17) is 17.3 Å². The zero-order valence-corrected chi connectivity index (χ0v) is 9.59. The van der Waals surface area contributed by atoms with Crippen LogP contribution in [-0.4, -0.2) is 14.8 Å². The number of hydrogen-bond acceptors (Lipinski definition) is 3. The molecular formula is C12H9ClN4. The predicted octanol–water partition coefficient (Wildman–Crippen LogP) is 2.66. The molecule has 0 fully saturated rings. The summed E-state index contributed by atoms with van der Waals surface area (Å²) >= 11 is 5.87. The quantitative estimate of drug-likeness (QED) is 0.670. The third kappa shape index (κ3) is 1.62. The molecule has 0 saturated carbocycles. The Hall–Kier alpha value is -2.07. The first kappa shape index (κ1) is 10.1. The highest BCUT2D eigenvalue weighted by atomic mass is 35.5. The average Bonchev–Trinajstić information content (AvgIpc) is 2.77. The largest absolute Gasteiger partial charge is 0.398 e. The van der Waals surface area contributed by atoms with Crippen LogP contribution in [0.2, 0.25) is 5.02 Å². The standard InChI is InChI=1S/C12H9ClN4/c13-8-5-16-17(7-8)12-2-1-11(14)10-6-15-4-3-9(10)12/h1-7H,14H2. The van der Waals surface area contributed by atoms with Crippen LogP contribution in [0.5, 0.6) is 0 Å². The van der Waals surface area contributed by atoms with Gasteiger partial charge in [-0.25, -0.2) is 4.68 Å². The molecule has 2 N–H and O–H groups in total. The van der Waals surface area contributed by atoms with Gasteiger partial charge in [-0.2, -0.15) is 5.10 Å². The molecule has 0 spiro atoms. The monoisotopic (exact) mass is 244 g/mol. The molecule has 0 atom stereocenters. The van der Waals surface area contributed by atoms with Crippen molar-refractivity contribution in [2.75, 3.05) is 5.73 Å². The number of fused-ring (bicyclic) bond motifs is 1. The van der Waals surface area contributed by atoms with Gasteiger partial charge >= 0.3 is 0 Å². The Morgan fingerprint density at radius 2 is 2.00 bits per heavy atom. The number of halogens is 1. The number of anilines is 1. The Kier molecular flexibility index (Phi) is 2.23. The maximum Gasteiger partial charge on any atom is 0.0790 e. The van der Waals surface area contributed by atoms with E-state index in [1.807, 2.05) is 18.2 Å². The fourth-order valence-corrected chi connectivity index (χ4v) is 1.96. The van der Waals surface area contributed by atoms with Gasteiger partial charge in [0.2, 0.25) is 0 Å².